The molecule has 0 aliphatic carbocycles. The van der Waals surface area contributed by atoms with Crippen molar-refractivity contribution >= 4 is 64.6 Å². The first kappa shape index (κ1) is 26.5. The Hall–Kier alpha value is -4.42. The molecule has 0 aliphatic heterocycles. The zero-order valence-electron chi connectivity index (χ0n) is 25.5. The van der Waals surface area contributed by atoms with Gasteiger partial charge in [-0.15, -0.1) is 0 Å². The largest absolute Gasteiger partial charge is 0.0616 e. The minimum Gasteiger partial charge on any atom is -0.0616 e. The third-order valence-corrected chi connectivity index (χ3v) is 8.91. The van der Waals surface area contributed by atoms with Crippen molar-refractivity contribution in [2.45, 2.75) is 52.4 Å². The molecule has 0 unspecified atom stereocenters. The molecule has 0 fully saturated rings. The van der Waals surface area contributed by atoms with Crippen LogP contribution in [-0.4, -0.2) is 0 Å². The molecule has 8 aromatic carbocycles. The molecule has 206 valence electrons. The van der Waals surface area contributed by atoms with Gasteiger partial charge in [0.15, 0.2) is 0 Å². The lowest BCUT2D eigenvalue weighted by molar-refractivity contribution is 0.596. The monoisotopic (exact) mass is 542 g/mol. The molecule has 0 aromatic heterocycles. The van der Waals surface area contributed by atoms with E-state index in [1.165, 1.54) is 75.8 Å². The van der Waals surface area contributed by atoms with Crippen LogP contribution in [0.5, 0.6) is 0 Å². The summed E-state index contributed by atoms with van der Waals surface area (Å²) in [4.78, 5) is 0. The van der Waals surface area contributed by atoms with Crippen molar-refractivity contribution in [2.24, 2.45) is 0 Å². The van der Waals surface area contributed by atoms with Crippen LogP contribution in [0.4, 0.5) is 0 Å². The Kier molecular flexibility index (Phi) is 6.03. The zero-order valence-corrected chi connectivity index (χ0v) is 25.5. The quantitative estimate of drug-likeness (QED) is 0.167. The Balaban J connectivity index is 0.000000138. The number of benzene rings is 8. The lowest BCUT2D eigenvalue weighted by Gasteiger charge is -2.23. The van der Waals surface area contributed by atoms with Gasteiger partial charge >= 0.3 is 0 Å². The predicted octanol–water partition coefficient (Wildman–Crippen LogP) is 12.3. The molecule has 0 heteroatoms. The Morgan fingerprint density at radius 1 is 0.310 bits per heavy atom. The van der Waals surface area contributed by atoms with Gasteiger partial charge in [-0.25, -0.2) is 0 Å². The van der Waals surface area contributed by atoms with Gasteiger partial charge in [-0.2, -0.15) is 0 Å². The molecule has 0 nitrogen and oxygen atoms in total. The van der Waals surface area contributed by atoms with Crippen LogP contribution >= 0.6 is 0 Å². The molecule has 42 heavy (non-hydrogen) atoms. The molecule has 0 saturated heterocycles. The van der Waals surface area contributed by atoms with Crippen LogP contribution in [0.25, 0.3) is 64.6 Å². The van der Waals surface area contributed by atoms with E-state index in [1.807, 2.05) is 0 Å². The standard InChI is InChI=1S/C22H20.C20H18/c1-22(2,3)21-14-20-16-9-5-4-8-15(16)12-13-18(20)17-10-6-7-11-19(17)21;1-20(2,3)17-12-10-15-8-7-13-5-4-6-14-9-11-16(17)19(15)18(13)14/h4-14H,1-3H3;4-12H,1-3H3. The first-order valence-electron chi connectivity index (χ1n) is 15.1. The first-order valence-corrected chi connectivity index (χ1v) is 15.1. The topological polar surface area (TPSA) is 0 Å². The van der Waals surface area contributed by atoms with Gasteiger partial charge < -0.3 is 0 Å². The average molecular weight is 543 g/mol. The van der Waals surface area contributed by atoms with Crippen LogP contribution in [0.15, 0.2) is 121 Å². The SMILES string of the molecule is CC(C)(C)c1cc2c3ccccc3ccc2c2ccccc12.CC(C)(C)c1ccc2ccc3cccc4ccc1c2c34. The van der Waals surface area contributed by atoms with Crippen LogP contribution in [0, 0.1) is 0 Å². The fourth-order valence-corrected chi connectivity index (χ4v) is 6.87. The average Bonchev–Trinajstić information content (AvgIpc) is 2.98. The molecular weight excluding hydrogens is 504 g/mol. The van der Waals surface area contributed by atoms with Gasteiger partial charge in [-0.05, 0) is 92.7 Å². The molecule has 0 saturated carbocycles. The van der Waals surface area contributed by atoms with Crippen LogP contribution in [0.3, 0.4) is 0 Å². The third-order valence-electron chi connectivity index (χ3n) is 8.91. The van der Waals surface area contributed by atoms with E-state index in [9.17, 15) is 0 Å². The molecule has 0 heterocycles. The van der Waals surface area contributed by atoms with E-state index in [0.717, 1.165) is 0 Å². The second-order valence-electron chi connectivity index (χ2n) is 13.8. The van der Waals surface area contributed by atoms with Crippen molar-refractivity contribution in [2.75, 3.05) is 0 Å². The molecule has 0 amide bonds. The summed E-state index contributed by atoms with van der Waals surface area (Å²) in [7, 11) is 0. The zero-order chi connectivity index (χ0) is 29.2. The fourth-order valence-electron chi connectivity index (χ4n) is 6.87. The maximum absolute atomic E-state index is 2.40. The van der Waals surface area contributed by atoms with Gasteiger partial charge in [0.25, 0.3) is 0 Å². The van der Waals surface area contributed by atoms with E-state index in [0.29, 0.717) is 0 Å². The Labute approximate surface area is 248 Å². The summed E-state index contributed by atoms with van der Waals surface area (Å²) < 4.78 is 0. The van der Waals surface area contributed by atoms with Gasteiger partial charge in [0, 0.05) is 0 Å². The van der Waals surface area contributed by atoms with E-state index in [-0.39, 0.29) is 10.8 Å². The number of rotatable bonds is 0. The predicted molar refractivity (Wildman–Crippen MR) is 187 cm³/mol. The van der Waals surface area contributed by atoms with E-state index < -0.39 is 0 Å². The van der Waals surface area contributed by atoms with E-state index in [2.05, 4.69) is 163 Å². The summed E-state index contributed by atoms with van der Waals surface area (Å²) in [6, 6.07) is 44.6. The molecule has 0 N–H and O–H groups in total. The lowest BCUT2D eigenvalue weighted by atomic mass is 9.81. The Morgan fingerprint density at radius 2 is 0.786 bits per heavy atom. The van der Waals surface area contributed by atoms with Crippen LogP contribution < -0.4 is 0 Å². The second-order valence-corrected chi connectivity index (χ2v) is 13.8. The van der Waals surface area contributed by atoms with Crippen LogP contribution in [0.1, 0.15) is 52.7 Å². The van der Waals surface area contributed by atoms with Crippen molar-refractivity contribution in [3.8, 4) is 0 Å². The number of hydrogen-bond acceptors (Lipinski definition) is 0. The lowest BCUT2D eigenvalue weighted by Crippen LogP contribution is -2.11. The van der Waals surface area contributed by atoms with E-state index >= 15 is 0 Å². The summed E-state index contributed by atoms with van der Waals surface area (Å²) in [6.45, 7) is 13.8. The number of fused-ring (bicyclic) bond motifs is 5. The van der Waals surface area contributed by atoms with Gasteiger partial charge in [0.2, 0.25) is 0 Å². The summed E-state index contributed by atoms with van der Waals surface area (Å²) >= 11 is 0. The Bertz CT molecular complexity index is 2230. The van der Waals surface area contributed by atoms with Gasteiger partial charge in [0.05, 0.1) is 0 Å². The molecule has 8 aromatic rings. The molecule has 0 aliphatic rings. The van der Waals surface area contributed by atoms with Crippen molar-refractivity contribution in [3.05, 3.63) is 132 Å². The molecular formula is C42H38. The highest BCUT2D eigenvalue weighted by Gasteiger charge is 2.20. The van der Waals surface area contributed by atoms with Crippen molar-refractivity contribution < 1.29 is 0 Å². The van der Waals surface area contributed by atoms with E-state index in [4.69, 9.17) is 0 Å². The Morgan fingerprint density at radius 3 is 1.48 bits per heavy atom. The minimum absolute atomic E-state index is 0.130. The van der Waals surface area contributed by atoms with Crippen molar-refractivity contribution in [3.63, 3.8) is 0 Å². The van der Waals surface area contributed by atoms with Crippen LogP contribution in [-0.2, 0) is 10.8 Å². The molecule has 8 rings (SSSR count). The summed E-state index contributed by atoms with van der Waals surface area (Å²) in [5, 5.41) is 16.4. The smallest absolute Gasteiger partial charge is 0.00238 e. The second kappa shape index (κ2) is 9.57. The fraction of sp³-hybridized carbons (Fsp3) is 0.190. The highest BCUT2D eigenvalue weighted by molar-refractivity contribution is 6.23. The molecule has 0 spiro atoms. The summed E-state index contributed by atoms with van der Waals surface area (Å²) in [6.07, 6.45) is 0. The van der Waals surface area contributed by atoms with Crippen LogP contribution in [0.2, 0.25) is 0 Å². The molecule has 0 bridgehead atoms. The van der Waals surface area contributed by atoms with E-state index in [1.54, 1.807) is 0 Å². The molecule has 0 radical (unpaired) electrons. The highest BCUT2D eigenvalue weighted by atomic mass is 14.2. The first-order chi connectivity index (χ1) is 20.1. The highest BCUT2D eigenvalue weighted by Crippen LogP contribution is 2.40. The third kappa shape index (κ3) is 4.29. The maximum atomic E-state index is 2.40. The summed E-state index contributed by atoms with van der Waals surface area (Å²) in [5.74, 6) is 0. The van der Waals surface area contributed by atoms with Crippen molar-refractivity contribution in [1.29, 1.82) is 0 Å². The van der Waals surface area contributed by atoms with Gasteiger partial charge in [0.1, 0.15) is 0 Å². The number of hydrogen-bond donors (Lipinski definition) is 0. The summed E-state index contributed by atoms with van der Waals surface area (Å²) in [5.41, 5.74) is 3.16. The van der Waals surface area contributed by atoms with Gasteiger partial charge in [-0.1, -0.05) is 157 Å². The maximum Gasteiger partial charge on any atom is -0.00238 e. The normalized spacial score (nSPS) is 12.5. The minimum atomic E-state index is 0.130. The van der Waals surface area contributed by atoms with Gasteiger partial charge in [-0.3, -0.25) is 0 Å². The molecule has 0 atom stereocenters. The van der Waals surface area contributed by atoms with Crippen molar-refractivity contribution in [1.82, 2.24) is 0 Å².